The van der Waals surface area contributed by atoms with E-state index in [2.05, 4.69) is 20.2 Å². The average Bonchev–Trinajstić information content (AvgIpc) is 2.57. The number of nitrogens with one attached hydrogen (secondary N) is 1. The number of nitrogens with zero attached hydrogens (tertiary/aromatic N) is 3. The summed E-state index contributed by atoms with van der Waals surface area (Å²) in [6.45, 7) is 5.53. The second-order valence-corrected chi connectivity index (χ2v) is 6.11. The minimum atomic E-state index is -0.231. The number of ether oxygens (including phenoxy) is 1. The van der Waals surface area contributed by atoms with Crippen molar-refractivity contribution in [1.29, 1.82) is 0 Å². The summed E-state index contributed by atoms with van der Waals surface area (Å²) < 4.78 is 18.7. The molecule has 5 nitrogen and oxygen atoms in total. The Bertz CT molecular complexity index is 657. The van der Waals surface area contributed by atoms with Gasteiger partial charge in [0.2, 0.25) is 0 Å². The van der Waals surface area contributed by atoms with Crippen molar-refractivity contribution < 1.29 is 9.13 Å². The normalized spacial score (nSPS) is 16.8. The van der Waals surface area contributed by atoms with Gasteiger partial charge < -0.3 is 10.1 Å². The van der Waals surface area contributed by atoms with E-state index in [4.69, 9.17) is 16.3 Å². The minimum absolute atomic E-state index is 0.101. The topological polar surface area (TPSA) is 50.3 Å². The third kappa shape index (κ3) is 4.41. The molecule has 0 radical (unpaired) electrons. The standard InChI is InChI=1S/C17H20ClFN4O/c1-12-21-16(18)10-17(22-12)20-11-15(23-6-8-24-9-7-23)13-2-4-14(19)5-3-13/h2-5,10,15H,6-9,11H2,1H3,(H,20,21,22). The van der Waals surface area contributed by atoms with Gasteiger partial charge in [-0.1, -0.05) is 23.7 Å². The van der Waals surface area contributed by atoms with Crippen molar-refractivity contribution in [2.45, 2.75) is 13.0 Å². The quantitative estimate of drug-likeness (QED) is 0.840. The SMILES string of the molecule is Cc1nc(Cl)cc(NCC(c2ccc(F)cc2)N2CCOCC2)n1. The van der Waals surface area contributed by atoms with Crippen LogP contribution in [0.25, 0.3) is 0 Å². The summed E-state index contributed by atoms with van der Waals surface area (Å²) in [5.74, 6) is 1.08. The molecule has 1 N–H and O–H groups in total. The summed E-state index contributed by atoms with van der Waals surface area (Å²) in [7, 11) is 0. The lowest BCUT2D eigenvalue weighted by Crippen LogP contribution is -2.41. The maximum Gasteiger partial charge on any atom is 0.134 e. The molecule has 0 spiro atoms. The number of aromatic nitrogens is 2. The summed E-state index contributed by atoms with van der Waals surface area (Å²) >= 11 is 5.99. The van der Waals surface area contributed by atoms with Crippen LogP contribution in [0, 0.1) is 12.7 Å². The van der Waals surface area contributed by atoms with E-state index in [1.807, 2.05) is 12.1 Å². The van der Waals surface area contributed by atoms with E-state index < -0.39 is 0 Å². The smallest absolute Gasteiger partial charge is 0.134 e. The fourth-order valence-corrected chi connectivity index (χ4v) is 3.08. The molecule has 1 aromatic carbocycles. The summed E-state index contributed by atoms with van der Waals surface area (Å²) in [4.78, 5) is 10.7. The van der Waals surface area contributed by atoms with Crippen LogP contribution in [0.2, 0.25) is 5.15 Å². The third-order valence-electron chi connectivity index (χ3n) is 4.02. The molecule has 1 atom stereocenters. The monoisotopic (exact) mass is 350 g/mol. The predicted octanol–water partition coefficient (Wildman–Crippen LogP) is 3.06. The van der Waals surface area contributed by atoms with Crippen molar-refractivity contribution in [3.63, 3.8) is 0 Å². The van der Waals surface area contributed by atoms with Gasteiger partial charge in [0.1, 0.15) is 22.6 Å². The number of halogens is 2. The molecule has 1 unspecified atom stereocenters. The molecule has 3 rings (SSSR count). The summed E-state index contributed by atoms with van der Waals surface area (Å²) in [5.41, 5.74) is 1.06. The zero-order chi connectivity index (χ0) is 16.9. The number of hydrogen-bond acceptors (Lipinski definition) is 5. The summed E-state index contributed by atoms with van der Waals surface area (Å²) in [6, 6.07) is 8.45. The van der Waals surface area contributed by atoms with Crippen LogP contribution in [0.3, 0.4) is 0 Å². The van der Waals surface area contributed by atoms with Gasteiger partial charge in [-0.2, -0.15) is 0 Å². The van der Waals surface area contributed by atoms with Crippen molar-refractivity contribution in [1.82, 2.24) is 14.9 Å². The third-order valence-corrected chi connectivity index (χ3v) is 4.22. The van der Waals surface area contributed by atoms with Crippen LogP contribution in [0.15, 0.2) is 30.3 Å². The van der Waals surface area contributed by atoms with Gasteiger partial charge in [0.25, 0.3) is 0 Å². The van der Waals surface area contributed by atoms with E-state index >= 15 is 0 Å². The molecular formula is C17H20ClFN4O. The Kier molecular flexibility index (Phi) is 5.60. The highest BCUT2D eigenvalue weighted by Crippen LogP contribution is 2.23. The van der Waals surface area contributed by atoms with Crippen LogP contribution in [0.4, 0.5) is 10.2 Å². The molecule has 1 aliphatic rings. The second kappa shape index (κ2) is 7.88. The number of benzene rings is 1. The van der Waals surface area contributed by atoms with Gasteiger partial charge in [-0.15, -0.1) is 0 Å². The van der Waals surface area contributed by atoms with Crippen LogP contribution < -0.4 is 5.32 Å². The van der Waals surface area contributed by atoms with Gasteiger partial charge in [0.15, 0.2) is 0 Å². The Labute approximate surface area is 145 Å². The van der Waals surface area contributed by atoms with Gasteiger partial charge in [-0.05, 0) is 24.6 Å². The fourth-order valence-electron chi connectivity index (χ4n) is 2.85. The van der Waals surface area contributed by atoms with Crippen molar-refractivity contribution in [2.75, 3.05) is 38.2 Å². The van der Waals surface area contributed by atoms with Gasteiger partial charge in [-0.3, -0.25) is 4.90 Å². The van der Waals surface area contributed by atoms with Crippen molar-refractivity contribution in [3.8, 4) is 0 Å². The van der Waals surface area contributed by atoms with Crippen molar-refractivity contribution in [2.24, 2.45) is 0 Å². The largest absolute Gasteiger partial charge is 0.379 e. The number of anilines is 1. The maximum absolute atomic E-state index is 13.3. The van der Waals surface area contributed by atoms with Crippen LogP contribution >= 0.6 is 11.6 Å². The number of morpholine rings is 1. The van der Waals surface area contributed by atoms with Gasteiger partial charge >= 0.3 is 0 Å². The first-order valence-electron chi connectivity index (χ1n) is 7.94. The molecule has 128 valence electrons. The Hall–Kier alpha value is -1.76. The van der Waals surface area contributed by atoms with Crippen LogP contribution in [-0.2, 0) is 4.74 Å². The van der Waals surface area contributed by atoms with E-state index in [-0.39, 0.29) is 11.9 Å². The molecule has 2 heterocycles. The molecule has 0 amide bonds. The molecule has 0 saturated carbocycles. The molecule has 0 aliphatic carbocycles. The first kappa shape index (κ1) is 17.1. The molecule has 1 saturated heterocycles. The minimum Gasteiger partial charge on any atom is -0.379 e. The first-order valence-corrected chi connectivity index (χ1v) is 8.32. The van der Waals surface area contributed by atoms with Crippen molar-refractivity contribution in [3.05, 3.63) is 52.7 Å². The highest BCUT2D eigenvalue weighted by atomic mass is 35.5. The van der Waals surface area contributed by atoms with Gasteiger partial charge in [0, 0.05) is 25.7 Å². The number of aryl methyl sites for hydroxylation is 1. The lowest BCUT2D eigenvalue weighted by atomic mass is 10.0. The van der Waals surface area contributed by atoms with E-state index in [0.717, 1.165) is 18.7 Å². The Morgan fingerprint density at radius 2 is 1.96 bits per heavy atom. The van der Waals surface area contributed by atoms with E-state index in [9.17, 15) is 4.39 Å². The lowest BCUT2D eigenvalue weighted by molar-refractivity contribution is 0.0187. The maximum atomic E-state index is 13.3. The lowest BCUT2D eigenvalue weighted by Gasteiger charge is -2.35. The zero-order valence-electron chi connectivity index (χ0n) is 13.5. The van der Waals surface area contributed by atoms with Gasteiger partial charge in [0.05, 0.1) is 19.3 Å². The molecule has 1 aromatic heterocycles. The first-order chi connectivity index (χ1) is 11.6. The van der Waals surface area contributed by atoms with Crippen LogP contribution in [0.1, 0.15) is 17.4 Å². The predicted molar refractivity (Wildman–Crippen MR) is 91.8 cm³/mol. The molecule has 7 heteroatoms. The average molecular weight is 351 g/mol. The van der Waals surface area contributed by atoms with E-state index in [1.54, 1.807) is 13.0 Å². The summed E-state index contributed by atoms with van der Waals surface area (Å²) in [5, 5.41) is 3.74. The Morgan fingerprint density at radius 3 is 2.62 bits per heavy atom. The van der Waals surface area contributed by atoms with E-state index in [1.165, 1.54) is 12.1 Å². The Morgan fingerprint density at radius 1 is 1.25 bits per heavy atom. The van der Waals surface area contributed by atoms with Gasteiger partial charge in [-0.25, -0.2) is 14.4 Å². The van der Waals surface area contributed by atoms with E-state index in [0.29, 0.717) is 36.6 Å². The molecule has 2 aromatic rings. The highest BCUT2D eigenvalue weighted by Gasteiger charge is 2.22. The highest BCUT2D eigenvalue weighted by molar-refractivity contribution is 6.29. The second-order valence-electron chi connectivity index (χ2n) is 5.72. The van der Waals surface area contributed by atoms with Crippen LogP contribution in [0.5, 0.6) is 0 Å². The molecule has 1 fully saturated rings. The summed E-state index contributed by atoms with van der Waals surface area (Å²) in [6.07, 6.45) is 0. The van der Waals surface area contributed by atoms with Crippen molar-refractivity contribution >= 4 is 17.4 Å². The molecular weight excluding hydrogens is 331 g/mol. The number of hydrogen-bond donors (Lipinski definition) is 1. The fraction of sp³-hybridized carbons (Fsp3) is 0.412. The Balaban J connectivity index is 1.77. The van der Waals surface area contributed by atoms with Crippen LogP contribution in [-0.4, -0.2) is 47.7 Å². The number of rotatable bonds is 5. The zero-order valence-corrected chi connectivity index (χ0v) is 14.3. The molecule has 0 bridgehead atoms. The molecule has 24 heavy (non-hydrogen) atoms. The molecule has 1 aliphatic heterocycles.